The molecule has 0 radical (unpaired) electrons. The lowest BCUT2D eigenvalue weighted by molar-refractivity contribution is -0.142. The summed E-state index contributed by atoms with van der Waals surface area (Å²) in [6.07, 6.45) is 0.235. The van der Waals surface area contributed by atoms with Gasteiger partial charge in [-0.25, -0.2) is 9.59 Å². The van der Waals surface area contributed by atoms with Crippen LogP contribution < -0.4 is 16.4 Å². The summed E-state index contributed by atoms with van der Waals surface area (Å²) in [6, 6.07) is 5.54. The van der Waals surface area contributed by atoms with Crippen LogP contribution >= 0.6 is 0 Å². The highest BCUT2D eigenvalue weighted by atomic mass is 16.4. The van der Waals surface area contributed by atoms with Crippen molar-refractivity contribution < 1.29 is 19.5 Å². The Bertz CT molecular complexity index is 490. The van der Waals surface area contributed by atoms with Crippen molar-refractivity contribution in [2.24, 2.45) is 5.73 Å². The van der Waals surface area contributed by atoms with Crippen molar-refractivity contribution in [3.8, 4) is 0 Å². The van der Waals surface area contributed by atoms with Gasteiger partial charge in [0.25, 0.3) is 0 Å². The fraction of sp³-hybridized carbons (Fsp3) is 0.308. The number of carboxylic acids is 1. The lowest BCUT2D eigenvalue weighted by atomic mass is 10.1. The summed E-state index contributed by atoms with van der Waals surface area (Å²) in [5.74, 6) is -1.75. The van der Waals surface area contributed by atoms with Crippen molar-refractivity contribution in [2.75, 3.05) is 0 Å². The first-order valence-corrected chi connectivity index (χ1v) is 6.09. The van der Waals surface area contributed by atoms with E-state index in [1.165, 1.54) is 0 Å². The largest absolute Gasteiger partial charge is 0.480 e. The predicted molar refractivity (Wildman–Crippen MR) is 71.8 cm³/mol. The fourth-order valence-corrected chi connectivity index (χ4v) is 1.68. The molecule has 0 spiro atoms. The maximum atomic E-state index is 12.1. The number of rotatable bonds is 6. The maximum Gasteiger partial charge on any atom is 0.326 e. The molecule has 1 aromatic carbocycles. The summed E-state index contributed by atoms with van der Waals surface area (Å²) in [7, 11) is 0. The van der Waals surface area contributed by atoms with E-state index < -0.39 is 30.0 Å². The monoisotopic (exact) mass is 279 g/mol. The van der Waals surface area contributed by atoms with Gasteiger partial charge in [-0.1, -0.05) is 37.3 Å². The van der Waals surface area contributed by atoms with E-state index in [0.717, 1.165) is 0 Å². The normalized spacial score (nSPS) is 13.1. The minimum Gasteiger partial charge on any atom is -0.480 e. The summed E-state index contributed by atoms with van der Waals surface area (Å²) >= 11 is 0. The minimum absolute atomic E-state index is 0.235. The molecule has 3 amide bonds. The average Bonchev–Trinajstić information content (AvgIpc) is 2.42. The Hall–Kier alpha value is -2.57. The van der Waals surface area contributed by atoms with Crippen LogP contribution in [0, 0.1) is 0 Å². The second-order valence-electron chi connectivity index (χ2n) is 4.16. The molecule has 0 fully saturated rings. The number of hydrogen-bond acceptors (Lipinski definition) is 3. The van der Waals surface area contributed by atoms with E-state index in [0.29, 0.717) is 5.56 Å². The molecule has 5 N–H and O–H groups in total. The van der Waals surface area contributed by atoms with E-state index in [2.05, 4.69) is 10.6 Å². The summed E-state index contributed by atoms with van der Waals surface area (Å²) in [6.45, 7) is 1.64. The fourth-order valence-electron chi connectivity index (χ4n) is 1.68. The number of benzene rings is 1. The molecule has 0 aliphatic heterocycles. The molecule has 0 bridgehead atoms. The number of hydrogen-bond donors (Lipinski definition) is 4. The molecule has 0 saturated heterocycles. The molecule has 2 atom stereocenters. The van der Waals surface area contributed by atoms with E-state index in [4.69, 9.17) is 10.8 Å². The van der Waals surface area contributed by atoms with Crippen molar-refractivity contribution in [2.45, 2.75) is 25.4 Å². The van der Waals surface area contributed by atoms with E-state index in [1.54, 1.807) is 37.3 Å². The molecule has 7 nitrogen and oxygen atoms in total. The lowest BCUT2D eigenvalue weighted by Gasteiger charge is -2.20. The van der Waals surface area contributed by atoms with E-state index in [9.17, 15) is 14.4 Å². The molecule has 0 heterocycles. The molecule has 0 aromatic heterocycles. The van der Waals surface area contributed by atoms with Crippen LogP contribution in [0.4, 0.5) is 4.79 Å². The van der Waals surface area contributed by atoms with Crippen LogP contribution in [0.5, 0.6) is 0 Å². The molecule has 0 aliphatic carbocycles. The third kappa shape index (κ3) is 4.27. The number of carbonyl (C=O) groups excluding carboxylic acids is 2. The number of urea groups is 1. The van der Waals surface area contributed by atoms with E-state index >= 15 is 0 Å². The Labute approximate surface area is 116 Å². The van der Waals surface area contributed by atoms with Crippen LogP contribution in [0.15, 0.2) is 30.3 Å². The SMILES string of the molecule is CC[C@@H](NC(=O)C(NC(N)=O)c1ccccc1)C(=O)O. The number of nitrogens with two attached hydrogens (primary N) is 1. The summed E-state index contributed by atoms with van der Waals surface area (Å²) in [5, 5.41) is 13.6. The van der Waals surface area contributed by atoms with Gasteiger partial charge in [0, 0.05) is 0 Å². The lowest BCUT2D eigenvalue weighted by Crippen LogP contribution is -2.48. The quantitative estimate of drug-likeness (QED) is 0.601. The van der Waals surface area contributed by atoms with Gasteiger partial charge in [-0.15, -0.1) is 0 Å². The van der Waals surface area contributed by atoms with Gasteiger partial charge >= 0.3 is 12.0 Å². The molecule has 1 unspecified atom stereocenters. The van der Waals surface area contributed by atoms with Crippen molar-refractivity contribution in [3.05, 3.63) is 35.9 Å². The number of carboxylic acid groups (broad SMARTS) is 1. The van der Waals surface area contributed by atoms with Crippen LogP contribution in [-0.4, -0.2) is 29.1 Å². The minimum atomic E-state index is -1.13. The maximum absolute atomic E-state index is 12.1. The highest BCUT2D eigenvalue weighted by molar-refractivity contribution is 5.90. The highest BCUT2D eigenvalue weighted by Gasteiger charge is 2.26. The van der Waals surface area contributed by atoms with Crippen LogP contribution in [0.25, 0.3) is 0 Å². The molecule has 1 rings (SSSR count). The standard InChI is InChI=1S/C13H17N3O4/c1-2-9(12(18)19)15-11(17)10(16-13(14)20)8-6-4-3-5-7-8/h3-7,9-10H,2H2,1H3,(H,15,17)(H,18,19)(H3,14,16,20)/t9-,10?/m1/s1. The molecule has 0 aliphatic rings. The van der Waals surface area contributed by atoms with Crippen molar-refractivity contribution in [3.63, 3.8) is 0 Å². The first-order chi connectivity index (χ1) is 9.45. The number of amides is 3. The molecule has 0 saturated carbocycles. The Balaban J connectivity index is 2.91. The molecule has 1 aromatic rings. The number of nitrogens with one attached hydrogen (secondary N) is 2. The van der Waals surface area contributed by atoms with Crippen LogP contribution in [-0.2, 0) is 9.59 Å². The second-order valence-corrected chi connectivity index (χ2v) is 4.16. The van der Waals surface area contributed by atoms with E-state index in [-0.39, 0.29) is 6.42 Å². The Morgan fingerprint density at radius 3 is 2.25 bits per heavy atom. The first kappa shape index (κ1) is 15.5. The van der Waals surface area contributed by atoms with Crippen LogP contribution in [0.3, 0.4) is 0 Å². The van der Waals surface area contributed by atoms with Crippen LogP contribution in [0.2, 0.25) is 0 Å². The first-order valence-electron chi connectivity index (χ1n) is 6.09. The average molecular weight is 279 g/mol. The Morgan fingerprint density at radius 1 is 1.20 bits per heavy atom. The third-order valence-corrected chi connectivity index (χ3v) is 2.70. The Morgan fingerprint density at radius 2 is 1.80 bits per heavy atom. The van der Waals surface area contributed by atoms with Gasteiger partial charge in [-0.2, -0.15) is 0 Å². The molecule has 20 heavy (non-hydrogen) atoms. The number of primary amides is 1. The van der Waals surface area contributed by atoms with Crippen molar-refractivity contribution in [1.29, 1.82) is 0 Å². The van der Waals surface area contributed by atoms with Gasteiger partial charge < -0.3 is 21.5 Å². The van der Waals surface area contributed by atoms with Gasteiger partial charge in [0.2, 0.25) is 5.91 Å². The smallest absolute Gasteiger partial charge is 0.326 e. The van der Waals surface area contributed by atoms with E-state index in [1.807, 2.05) is 0 Å². The molecular weight excluding hydrogens is 262 g/mol. The second kappa shape index (κ2) is 7.13. The van der Waals surface area contributed by atoms with Gasteiger partial charge in [0.1, 0.15) is 12.1 Å². The zero-order chi connectivity index (χ0) is 15.1. The van der Waals surface area contributed by atoms with Crippen LogP contribution in [0.1, 0.15) is 24.9 Å². The highest BCUT2D eigenvalue weighted by Crippen LogP contribution is 2.13. The summed E-state index contributed by atoms with van der Waals surface area (Å²) < 4.78 is 0. The zero-order valence-corrected chi connectivity index (χ0v) is 11.0. The van der Waals surface area contributed by atoms with Gasteiger partial charge in [0.05, 0.1) is 0 Å². The van der Waals surface area contributed by atoms with Crippen molar-refractivity contribution >= 4 is 17.9 Å². The van der Waals surface area contributed by atoms with Gasteiger partial charge in [0.15, 0.2) is 0 Å². The topological polar surface area (TPSA) is 122 Å². The number of aliphatic carboxylic acids is 1. The van der Waals surface area contributed by atoms with Gasteiger partial charge in [-0.05, 0) is 12.0 Å². The molecule has 108 valence electrons. The Kier molecular flexibility index (Phi) is 5.52. The molecule has 7 heteroatoms. The summed E-state index contributed by atoms with van der Waals surface area (Å²) in [4.78, 5) is 34.0. The number of carbonyl (C=O) groups is 3. The summed E-state index contributed by atoms with van der Waals surface area (Å²) in [5.41, 5.74) is 5.56. The third-order valence-electron chi connectivity index (χ3n) is 2.70. The molecular formula is C13H17N3O4. The van der Waals surface area contributed by atoms with Gasteiger partial charge in [-0.3, -0.25) is 4.79 Å². The zero-order valence-electron chi connectivity index (χ0n) is 11.0. The van der Waals surface area contributed by atoms with Crippen molar-refractivity contribution in [1.82, 2.24) is 10.6 Å². The predicted octanol–water partition coefficient (Wildman–Crippen LogP) is 0.375.